The third-order valence-electron chi connectivity index (χ3n) is 8.80. The summed E-state index contributed by atoms with van der Waals surface area (Å²) >= 11 is 14.2. The van der Waals surface area contributed by atoms with E-state index in [0.717, 1.165) is 57.0 Å². The molecule has 1 aliphatic carbocycles. The van der Waals surface area contributed by atoms with Crippen LogP contribution in [0.25, 0.3) is 22.6 Å². The lowest BCUT2D eigenvalue weighted by molar-refractivity contribution is 0.408. The van der Waals surface area contributed by atoms with Crippen LogP contribution in [-0.4, -0.2) is 21.0 Å². The molecule has 0 amide bonds. The van der Waals surface area contributed by atoms with E-state index in [2.05, 4.69) is 77.4 Å². The van der Waals surface area contributed by atoms with Crippen LogP contribution in [0.5, 0.6) is 0 Å². The number of aromatic nitrogens is 2. The minimum atomic E-state index is -1.38. The Morgan fingerprint density at radius 1 is 0.583 bits per heavy atom. The third kappa shape index (κ3) is 5.24. The molecule has 1 unspecified atom stereocenters. The van der Waals surface area contributed by atoms with Gasteiger partial charge in [-0.15, -0.1) is 0 Å². The van der Waals surface area contributed by atoms with Crippen molar-refractivity contribution in [3.63, 3.8) is 0 Å². The smallest absolute Gasteiger partial charge is 0.263 e. The number of imidazole rings is 1. The number of rotatable bonds is 7. The number of nitrogens with zero attached hydrogens (tertiary/aromatic N) is 4. The lowest BCUT2D eigenvalue weighted by Crippen LogP contribution is -2.32. The van der Waals surface area contributed by atoms with E-state index in [4.69, 9.17) is 38.2 Å². The van der Waals surface area contributed by atoms with Gasteiger partial charge in [-0.1, -0.05) is 169 Å². The van der Waals surface area contributed by atoms with Gasteiger partial charge in [-0.2, -0.15) is 0 Å². The van der Waals surface area contributed by atoms with Crippen molar-refractivity contribution in [2.75, 3.05) is 0 Å². The molecule has 0 radical (unpaired) electrons. The molecule has 0 fully saturated rings. The summed E-state index contributed by atoms with van der Waals surface area (Å²) in [6.07, 6.45) is 9.38. The molecule has 1 aromatic heterocycles. The normalized spacial score (nSPS) is 16.5. The van der Waals surface area contributed by atoms with Crippen LogP contribution < -0.4 is 0 Å². The average Bonchev–Trinajstić information content (AvgIpc) is 3.75. The Kier molecular flexibility index (Phi) is 7.97. The second kappa shape index (κ2) is 12.7. The van der Waals surface area contributed by atoms with Gasteiger partial charge in [0.25, 0.3) is 5.79 Å². The lowest BCUT2D eigenvalue weighted by Gasteiger charge is -2.31. The first-order chi connectivity index (χ1) is 23.6. The van der Waals surface area contributed by atoms with Crippen LogP contribution in [0.2, 0.25) is 10.0 Å². The number of halogens is 2. The van der Waals surface area contributed by atoms with E-state index in [1.807, 2.05) is 91.0 Å². The number of hydrogen-bond acceptors (Lipinski definition) is 3. The summed E-state index contributed by atoms with van der Waals surface area (Å²) in [6.45, 7) is 0. The molecule has 8 rings (SSSR count). The Balaban J connectivity index is 1.56. The fourth-order valence-electron chi connectivity index (χ4n) is 6.59. The Morgan fingerprint density at radius 2 is 1.12 bits per heavy atom. The minimum absolute atomic E-state index is 0.0209. The van der Waals surface area contributed by atoms with Gasteiger partial charge in [0.05, 0.1) is 32.9 Å². The highest BCUT2D eigenvalue weighted by atomic mass is 35.5. The van der Waals surface area contributed by atoms with Crippen molar-refractivity contribution >= 4 is 34.6 Å². The molecule has 1 atom stereocenters. The van der Waals surface area contributed by atoms with Gasteiger partial charge in [-0.25, -0.2) is 15.0 Å². The molecular weight excluding hydrogens is 631 g/mol. The first kappa shape index (κ1) is 30.1. The van der Waals surface area contributed by atoms with Crippen LogP contribution in [0, 0.1) is 0 Å². The van der Waals surface area contributed by atoms with Gasteiger partial charge in [0.15, 0.2) is 0 Å². The van der Waals surface area contributed by atoms with Gasteiger partial charge >= 0.3 is 0 Å². The first-order valence-corrected chi connectivity index (χ1v) is 16.7. The predicted molar refractivity (Wildman–Crippen MR) is 198 cm³/mol. The molecule has 0 bridgehead atoms. The van der Waals surface area contributed by atoms with Crippen LogP contribution in [0.4, 0.5) is 0 Å². The van der Waals surface area contributed by atoms with Gasteiger partial charge in [-0.3, -0.25) is 4.57 Å². The summed E-state index contributed by atoms with van der Waals surface area (Å²) in [5, 5.41) is 1.13. The number of aliphatic imine (C=N–C) groups is 2. The van der Waals surface area contributed by atoms with E-state index in [1.165, 1.54) is 0 Å². The van der Waals surface area contributed by atoms with Crippen LogP contribution in [0.15, 0.2) is 174 Å². The van der Waals surface area contributed by atoms with Gasteiger partial charge in [-0.05, 0) is 24.6 Å². The molecule has 2 heterocycles. The molecule has 48 heavy (non-hydrogen) atoms. The highest BCUT2D eigenvalue weighted by Crippen LogP contribution is 2.48. The van der Waals surface area contributed by atoms with Crippen molar-refractivity contribution < 1.29 is 0 Å². The molecule has 6 heteroatoms. The van der Waals surface area contributed by atoms with Crippen molar-refractivity contribution in [1.82, 2.24) is 9.55 Å². The van der Waals surface area contributed by atoms with Gasteiger partial charge < -0.3 is 0 Å². The van der Waals surface area contributed by atoms with Crippen molar-refractivity contribution in [3.8, 4) is 22.6 Å². The molecule has 1 aliphatic heterocycles. The third-order valence-corrected chi connectivity index (χ3v) is 9.46. The zero-order valence-corrected chi connectivity index (χ0v) is 27.4. The van der Waals surface area contributed by atoms with Gasteiger partial charge in [0, 0.05) is 33.7 Å². The maximum absolute atomic E-state index is 7.20. The average molecular weight is 662 g/mol. The Hall–Kier alpha value is -5.29. The van der Waals surface area contributed by atoms with Crippen LogP contribution in [0.1, 0.15) is 34.7 Å². The topological polar surface area (TPSA) is 42.5 Å². The molecule has 0 saturated heterocycles. The minimum Gasteiger partial charge on any atom is -0.275 e. The van der Waals surface area contributed by atoms with E-state index in [-0.39, 0.29) is 5.92 Å². The zero-order chi connectivity index (χ0) is 32.5. The molecule has 0 saturated carbocycles. The van der Waals surface area contributed by atoms with Gasteiger partial charge in [0.1, 0.15) is 5.82 Å². The lowest BCUT2D eigenvalue weighted by atomic mass is 9.93. The molecule has 5 aromatic carbocycles. The molecule has 2 aliphatic rings. The van der Waals surface area contributed by atoms with Gasteiger partial charge in [0.2, 0.25) is 0 Å². The monoisotopic (exact) mass is 660 g/mol. The van der Waals surface area contributed by atoms with Crippen molar-refractivity contribution in [3.05, 3.63) is 196 Å². The van der Waals surface area contributed by atoms with Crippen molar-refractivity contribution in [2.45, 2.75) is 18.1 Å². The maximum Gasteiger partial charge on any atom is 0.263 e. The SMILES string of the molecule is Clc1ccccc1-c1nc(C2C=CC=CC2)c(-c2ccccc2)n1C1(c2ccccc2Cl)N=C(c2ccccc2)C(c2ccccc2)=N1. The Labute approximate surface area is 290 Å². The Bertz CT molecular complexity index is 2180. The molecule has 6 aromatic rings. The summed E-state index contributed by atoms with van der Waals surface area (Å²) in [5.41, 5.74) is 7.78. The van der Waals surface area contributed by atoms with E-state index in [0.29, 0.717) is 15.9 Å². The number of benzene rings is 5. The molecule has 232 valence electrons. The summed E-state index contributed by atoms with van der Waals surface area (Å²) in [7, 11) is 0. The highest BCUT2D eigenvalue weighted by molar-refractivity contribution is 6.54. The number of hydrogen-bond donors (Lipinski definition) is 0. The van der Waals surface area contributed by atoms with E-state index in [9.17, 15) is 0 Å². The summed E-state index contributed by atoms with van der Waals surface area (Å²) in [5.74, 6) is -0.701. The second-order valence-electron chi connectivity index (χ2n) is 11.8. The predicted octanol–water partition coefficient (Wildman–Crippen LogP) is 10.8. The van der Waals surface area contributed by atoms with Crippen molar-refractivity contribution in [2.24, 2.45) is 9.98 Å². The molecule has 0 N–H and O–H groups in total. The zero-order valence-electron chi connectivity index (χ0n) is 25.9. The quantitative estimate of drug-likeness (QED) is 0.168. The largest absolute Gasteiger partial charge is 0.275 e. The summed E-state index contributed by atoms with van der Waals surface area (Å²) in [6, 6.07) is 46.5. The first-order valence-electron chi connectivity index (χ1n) is 16.0. The summed E-state index contributed by atoms with van der Waals surface area (Å²) < 4.78 is 2.17. The standard InChI is InChI=1S/C42H30Cl2N4/c43-35-27-15-13-25-33(35)41-45-39(31-21-9-3-10-22-31)40(32-23-11-4-12-24-32)48(41)42(34-26-14-16-28-36(34)44)46-37(29-17-5-1-6-18-29)38(47-42)30-19-7-2-8-20-30/h1-21,23-28,31H,22H2. The van der Waals surface area contributed by atoms with E-state index in [1.54, 1.807) is 0 Å². The highest BCUT2D eigenvalue weighted by Gasteiger charge is 2.46. The molecule has 4 nitrogen and oxygen atoms in total. The van der Waals surface area contributed by atoms with E-state index >= 15 is 0 Å². The van der Waals surface area contributed by atoms with Crippen LogP contribution in [0.3, 0.4) is 0 Å². The Morgan fingerprint density at radius 3 is 1.69 bits per heavy atom. The van der Waals surface area contributed by atoms with Crippen LogP contribution >= 0.6 is 23.2 Å². The van der Waals surface area contributed by atoms with Crippen molar-refractivity contribution in [1.29, 1.82) is 0 Å². The van der Waals surface area contributed by atoms with E-state index < -0.39 is 5.79 Å². The maximum atomic E-state index is 7.20. The molecule has 0 spiro atoms. The fourth-order valence-corrected chi connectivity index (χ4v) is 7.07. The number of allylic oxidation sites excluding steroid dienone is 4. The molecular formula is C42H30Cl2N4. The second-order valence-corrected chi connectivity index (χ2v) is 12.6. The van der Waals surface area contributed by atoms with Crippen LogP contribution in [-0.2, 0) is 5.79 Å². The summed E-state index contributed by atoms with van der Waals surface area (Å²) in [4.78, 5) is 16.9. The fraction of sp³-hybridized carbons (Fsp3) is 0.0714.